The average Bonchev–Trinajstić information content (AvgIpc) is 2.55. The number of hydrogen-bond acceptors (Lipinski definition) is 4. The Kier molecular flexibility index (Phi) is 5.73. The summed E-state index contributed by atoms with van der Waals surface area (Å²) in [6, 6.07) is 11.6. The van der Waals surface area contributed by atoms with Crippen molar-refractivity contribution in [3.05, 3.63) is 54.2 Å². The molecule has 0 aliphatic rings. The molecular weight excluding hydrogens is 306 g/mol. The van der Waals surface area contributed by atoms with Gasteiger partial charge in [0.25, 0.3) is 0 Å². The molecule has 0 aliphatic carbocycles. The molecule has 126 valence electrons. The highest BCUT2D eigenvalue weighted by Crippen LogP contribution is 2.18. The number of nitrogens with two attached hydrogens (primary N) is 1. The highest BCUT2D eigenvalue weighted by atomic mass is 16.2. The number of primary amides is 1. The predicted molar refractivity (Wildman–Crippen MR) is 93.7 cm³/mol. The maximum absolute atomic E-state index is 12.3. The van der Waals surface area contributed by atoms with Crippen molar-refractivity contribution < 1.29 is 9.59 Å². The van der Waals surface area contributed by atoms with Crippen molar-refractivity contribution in [2.75, 3.05) is 24.3 Å². The highest BCUT2D eigenvalue weighted by Gasteiger charge is 2.17. The molecule has 0 aliphatic heterocycles. The smallest absolute Gasteiger partial charge is 0.312 e. The topological polar surface area (TPSA) is 100 Å². The molecule has 1 aromatic heterocycles. The number of nitrogens with one attached hydrogen (secondary N) is 2. The normalized spacial score (nSPS) is 11.4. The van der Waals surface area contributed by atoms with Gasteiger partial charge in [-0.25, -0.2) is 9.78 Å². The second-order valence-electron chi connectivity index (χ2n) is 5.52. The summed E-state index contributed by atoms with van der Waals surface area (Å²) in [7, 11) is 3.78. The molecule has 0 saturated heterocycles. The van der Waals surface area contributed by atoms with Gasteiger partial charge >= 0.3 is 6.03 Å². The molecule has 24 heavy (non-hydrogen) atoms. The number of benzene rings is 1. The number of pyridine rings is 1. The van der Waals surface area contributed by atoms with Crippen molar-refractivity contribution in [1.29, 1.82) is 0 Å². The van der Waals surface area contributed by atoms with Crippen LogP contribution < -0.4 is 21.3 Å². The highest BCUT2D eigenvalue weighted by molar-refractivity contribution is 5.91. The predicted octanol–water partition coefficient (Wildman–Crippen LogP) is 1.89. The van der Waals surface area contributed by atoms with Crippen LogP contribution in [0.2, 0.25) is 0 Å². The van der Waals surface area contributed by atoms with Crippen molar-refractivity contribution in [3.8, 4) is 0 Å². The molecule has 0 bridgehead atoms. The first-order valence-corrected chi connectivity index (χ1v) is 7.50. The van der Waals surface area contributed by atoms with Crippen LogP contribution in [0.3, 0.4) is 0 Å². The lowest BCUT2D eigenvalue weighted by Gasteiger charge is -2.18. The van der Waals surface area contributed by atoms with Crippen LogP contribution in [0.5, 0.6) is 0 Å². The van der Waals surface area contributed by atoms with Crippen molar-refractivity contribution in [2.24, 2.45) is 5.73 Å². The second-order valence-corrected chi connectivity index (χ2v) is 5.52. The van der Waals surface area contributed by atoms with E-state index in [0.29, 0.717) is 5.69 Å². The molecule has 1 aromatic carbocycles. The van der Waals surface area contributed by atoms with Crippen molar-refractivity contribution in [3.63, 3.8) is 0 Å². The van der Waals surface area contributed by atoms with Crippen molar-refractivity contribution in [1.82, 2.24) is 10.3 Å². The van der Waals surface area contributed by atoms with Crippen LogP contribution in [0, 0.1) is 0 Å². The summed E-state index contributed by atoms with van der Waals surface area (Å²) in [4.78, 5) is 29.6. The van der Waals surface area contributed by atoms with Gasteiger partial charge in [-0.15, -0.1) is 0 Å². The van der Waals surface area contributed by atoms with Crippen molar-refractivity contribution >= 4 is 23.4 Å². The molecule has 4 N–H and O–H groups in total. The number of amides is 3. The van der Waals surface area contributed by atoms with Gasteiger partial charge < -0.3 is 21.3 Å². The summed E-state index contributed by atoms with van der Waals surface area (Å²) >= 11 is 0. The van der Waals surface area contributed by atoms with Gasteiger partial charge in [0.05, 0.1) is 24.3 Å². The van der Waals surface area contributed by atoms with E-state index in [9.17, 15) is 9.59 Å². The van der Waals surface area contributed by atoms with Crippen LogP contribution in [0.25, 0.3) is 0 Å². The summed E-state index contributed by atoms with van der Waals surface area (Å²) < 4.78 is 0. The Hall–Kier alpha value is -3.09. The molecule has 0 radical (unpaired) electrons. The zero-order valence-corrected chi connectivity index (χ0v) is 13.7. The van der Waals surface area contributed by atoms with Crippen LogP contribution in [-0.4, -0.2) is 31.0 Å². The lowest BCUT2D eigenvalue weighted by Crippen LogP contribution is -2.35. The van der Waals surface area contributed by atoms with E-state index in [4.69, 9.17) is 5.73 Å². The first-order valence-electron chi connectivity index (χ1n) is 7.50. The van der Waals surface area contributed by atoms with E-state index in [-0.39, 0.29) is 12.3 Å². The molecular formula is C17H21N5O2. The fraction of sp³-hybridized carbons (Fsp3) is 0.235. The number of rotatable bonds is 6. The number of urea groups is 1. The third kappa shape index (κ3) is 4.98. The molecule has 0 spiro atoms. The summed E-state index contributed by atoms with van der Waals surface area (Å²) in [6.45, 7) is 0. The Balaban J connectivity index is 2.03. The lowest BCUT2D eigenvalue weighted by molar-refractivity contribution is -0.116. The van der Waals surface area contributed by atoms with Gasteiger partial charge in [0.15, 0.2) is 0 Å². The minimum atomic E-state index is -0.673. The van der Waals surface area contributed by atoms with Crippen LogP contribution in [0.15, 0.2) is 48.7 Å². The van der Waals surface area contributed by atoms with E-state index in [1.165, 1.54) is 0 Å². The van der Waals surface area contributed by atoms with Crippen LogP contribution >= 0.6 is 0 Å². The van der Waals surface area contributed by atoms with Gasteiger partial charge in [0.2, 0.25) is 5.91 Å². The molecule has 2 rings (SSSR count). The van der Waals surface area contributed by atoms with E-state index >= 15 is 0 Å². The monoisotopic (exact) mass is 327 g/mol. The Morgan fingerprint density at radius 2 is 1.88 bits per heavy atom. The number of carbonyl (C=O) groups is 2. The summed E-state index contributed by atoms with van der Waals surface area (Å²) in [5.74, 6) is 0.558. The number of carbonyl (C=O) groups excluding carboxylic acids is 2. The quantitative estimate of drug-likeness (QED) is 0.754. The number of nitrogens with zero attached hydrogens (tertiary/aromatic N) is 2. The molecule has 1 atom stereocenters. The van der Waals surface area contributed by atoms with Crippen LogP contribution in [-0.2, 0) is 4.79 Å². The molecule has 7 heteroatoms. The van der Waals surface area contributed by atoms with Gasteiger partial charge in [-0.2, -0.15) is 0 Å². The summed E-state index contributed by atoms with van der Waals surface area (Å²) in [6.07, 6.45) is 1.66. The van der Waals surface area contributed by atoms with E-state index < -0.39 is 12.1 Å². The minimum Gasteiger partial charge on any atom is -0.363 e. The number of anilines is 2. The fourth-order valence-electron chi connectivity index (χ4n) is 2.23. The zero-order valence-electron chi connectivity index (χ0n) is 13.7. The fourth-order valence-corrected chi connectivity index (χ4v) is 2.23. The molecule has 1 heterocycles. The van der Waals surface area contributed by atoms with E-state index in [0.717, 1.165) is 11.4 Å². The average molecular weight is 327 g/mol. The van der Waals surface area contributed by atoms with E-state index in [1.807, 2.05) is 55.4 Å². The molecule has 0 fully saturated rings. The lowest BCUT2D eigenvalue weighted by atomic mass is 10.0. The largest absolute Gasteiger partial charge is 0.363 e. The molecule has 2 aromatic rings. The zero-order chi connectivity index (χ0) is 17.5. The molecule has 0 unspecified atom stereocenters. The SMILES string of the molecule is CN(C)c1ccc(NC(=O)C[C@@H](NC(N)=O)c2ccccc2)cn1. The van der Waals surface area contributed by atoms with E-state index in [1.54, 1.807) is 12.3 Å². The first kappa shape index (κ1) is 17.3. The molecule has 7 nitrogen and oxygen atoms in total. The Bertz CT molecular complexity index is 686. The van der Waals surface area contributed by atoms with Gasteiger partial charge in [-0.05, 0) is 17.7 Å². The van der Waals surface area contributed by atoms with Crippen molar-refractivity contribution in [2.45, 2.75) is 12.5 Å². The third-order valence-corrected chi connectivity index (χ3v) is 3.40. The maximum atomic E-state index is 12.3. The second kappa shape index (κ2) is 7.96. The standard InChI is InChI=1S/C17H21N5O2/c1-22(2)15-9-8-13(11-19-15)20-16(23)10-14(21-17(18)24)12-6-4-3-5-7-12/h3-9,11,14H,10H2,1-2H3,(H,20,23)(H3,18,21,24)/t14-/m1/s1. The Morgan fingerprint density at radius 1 is 1.17 bits per heavy atom. The van der Waals surface area contributed by atoms with Gasteiger partial charge in [0, 0.05) is 14.1 Å². The number of hydrogen-bond donors (Lipinski definition) is 3. The third-order valence-electron chi connectivity index (χ3n) is 3.40. The van der Waals surface area contributed by atoms with Crippen LogP contribution in [0.4, 0.5) is 16.3 Å². The van der Waals surface area contributed by atoms with Gasteiger partial charge in [-0.1, -0.05) is 30.3 Å². The first-order chi connectivity index (χ1) is 11.5. The Labute approximate surface area is 140 Å². The summed E-state index contributed by atoms with van der Waals surface area (Å²) in [5, 5.41) is 5.36. The molecule has 0 saturated carbocycles. The van der Waals surface area contributed by atoms with Gasteiger partial charge in [-0.3, -0.25) is 4.79 Å². The Morgan fingerprint density at radius 3 is 2.42 bits per heavy atom. The minimum absolute atomic E-state index is 0.0718. The maximum Gasteiger partial charge on any atom is 0.312 e. The van der Waals surface area contributed by atoms with Crippen LogP contribution in [0.1, 0.15) is 18.0 Å². The van der Waals surface area contributed by atoms with Gasteiger partial charge in [0.1, 0.15) is 5.82 Å². The van der Waals surface area contributed by atoms with E-state index in [2.05, 4.69) is 15.6 Å². The number of aromatic nitrogens is 1. The summed E-state index contributed by atoms with van der Waals surface area (Å²) in [5.41, 5.74) is 6.61. The molecule has 3 amide bonds.